The largest absolute Gasteiger partial charge is 0.354 e. The molecule has 0 saturated carbocycles. The number of thioether (sulfide) groups is 1. The first-order valence-electron chi connectivity index (χ1n) is 8.46. The Hall–Kier alpha value is -1.20. The number of hydrogen-bond acceptors (Lipinski definition) is 3. The highest BCUT2D eigenvalue weighted by Gasteiger charge is 2.19. The van der Waals surface area contributed by atoms with Crippen LogP contribution < -0.4 is 10.6 Å². The summed E-state index contributed by atoms with van der Waals surface area (Å²) in [6.45, 7) is 4.26. The molecule has 0 heterocycles. The lowest BCUT2D eigenvalue weighted by molar-refractivity contribution is -0.127. The fourth-order valence-electron chi connectivity index (χ4n) is 2.20. The van der Waals surface area contributed by atoms with Gasteiger partial charge in [-0.15, -0.1) is 11.8 Å². The number of halogens is 1. The van der Waals surface area contributed by atoms with Crippen LogP contribution in [-0.4, -0.2) is 30.2 Å². The topological polar surface area (TPSA) is 58.2 Å². The molecule has 0 spiro atoms. The van der Waals surface area contributed by atoms with E-state index in [1.807, 2.05) is 24.3 Å². The number of carbonyl (C=O) groups excluding carboxylic acids is 2. The molecule has 0 aliphatic rings. The third-order valence-electron chi connectivity index (χ3n) is 3.50. The van der Waals surface area contributed by atoms with Gasteiger partial charge < -0.3 is 10.6 Å². The van der Waals surface area contributed by atoms with Gasteiger partial charge in [0, 0.05) is 29.1 Å². The first kappa shape index (κ1) is 20.8. The van der Waals surface area contributed by atoms with Crippen molar-refractivity contribution in [3.05, 3.63) is 29.3 Å². The first-order valence-corrected chi connectivity index (χ1v) is 9.82. The number of amides is 2. The highest BCUT2D eigenvalue weighted by Crippen LogP contribution is 2.21. The van der Waals surface area contributed by atoms with Gasteiger partial charge in [0.15, 0.2) is 0 Å². The van der Waals surface area contributed by atoms with Crippen molar-refractivity contribution in [2.24, 2.45) is 0 Å². The van der Waals surface area contributed by atoms with E-state index in [0.29, 0.717) is 17.3 Å². The Morgan fingerprint density at radius 3 is 2.42 bits per heavy atom. The molecular formula is C18H27ClN2O2S. The molecular weight excluding hydrogens is 344 g/mol. The van der Waals surface area contributed by atoms with Crippen LogP contribution in [0.25, 0.3) is 0 Å². The molecule has 2 N–H and O–H groups in total. The standard InChI is InChI=1S/C18H27ClN2O2S/c1-3-4-5-6-7-12-20-18(23)17(21-14(2)22)13-24-16-10-8-15(19)9-11-16/h8-11,17H,3-7,12-13H2,1-2H3,(H,20,23)(H,21,22). The van der Waals surface area contributed by atoms with Crippen molar-refractivity contribution in [2.45, 2.75) is 56.9 Å². The monoisotopic (exact) mass is 370 g/mol. The van der Waals surface area contributed by atoms with Crippen LogP contribution in [0, 0.1) is 0 Å². The molecule has 134 valence electrons. The summed E-state index contributed by atoms with van der Waals surface area (Å²) in [5.74, 6) is 0.167. The van der Waals surface area contributed by atoms with Gasteiger partial charge in [-0.25, -0.2) is 0 Å². The van der Waals surface area contributed by atoms with Gasteiger partial charge in [-0.1, -0.05) is 44.2 Å². The third-order valence-corrected chi connectivity index (χ3v) is 4.86. The fraction of sp³-hybridized carbons (Fsp3) is 0.556. The van der Waals surface area contributed by atoms with E-state index in [9.17, 15) is 9.59 Å². The maximum Gasteiger partial charge on any atom is 0.243 e. The summed E-state index contributed by atoms with van der Waals surface area (Å²) in [5.41, 5.74) is 0. The van der Waals surface area contributed by atoms with E-state index >= 15 is 0 Å². The van der Waals surface area contributed by atoms with Crippen molar-refractivity contribution in [2.75, 3.05) is 12.3 Å². The summed E-state index contributed by atoms with van der Waals surface area (Å²) in [7, 11) is 0. The van der Waals surface area contributed by atoms with Crippen LogP contribution in [0.5, 0.6) is 0 Å². The molecule has 1 aromatic rings. The molecule has 0 fully saturated rings. The van der Waals surface area contributed by atoms with E-state index in [0.717, 1.165) is 17.7 Å². The van der Waals surface area contributed by atoms with E-state index in [1.165, 1.54) is 37.9 Å². The van der Waals surface area contributed by atoms with Crippen molar-refractivity contribution in [1.82, 2.24) is 10.6 Å². The summed E-state index contributed by atoms with van der Waals surface area (Å²) in [5, 5.41) is 6.33. The minimum atomic E-state index is -0.529. The Labute approximate surface area is 154 Å². The quantitative estimate of drug-likeness (QED) is 0.457. The minimum Gasteiger partial charge on any atom is -0.354 e. The Morgan fingerprint density at radius 1 is 1.12 bits per heavy atom. The van der Waals surface area contributed by atoms with E-state index in [4.69, 9.17) is 11.6 Å². The Balaban J connectivity index is 2.40. The van der Waals surface area contributed by atoms with E-state index in [-0.39, 0.29) is 11.8 Å². The van der Waals surface area contributed by atoms with Crippen molar-refractivity contribution >= 4 is 35.2 Å². The SMILES string of the molecule is CCCCCCCNC(=O)C(CSc1ccc(Cl)cc1)NC(C)=O. The van der Waals surface area contributed by atoms with Crippen LogP contribution in [-0.2, 0) is 9.59 Å². The smallest absolute Gasteiger partial charge is 0.243 e. The lowest BCUT2D eigenvalue weighted by Gasteiger charge is -2.17. The molecule has 1 unspecified atom stereocenters. The number of benzene rings is 1. The molecule has 24 heavy (non-hydrogen) atoms. The number of unbranched alkanes of at least 4 members (excludes halogenated alkanes) is 4. The molecule has 0 aliphatic carbocycles. The fourth-order valence-corrected chi connectivity index (χ4v) is 3.25. The Morgan fingerprint density at radius 2 is 1.79 bits per heavy atom. The highest BCUT2D eigenvalue weighted by molar-refractivity contribution is 7.99. The molecule has 1 rings (SSSR count). The summed E-state index contributed by atoms with van der Waals surface area (Å²) in [6.07, 6.45) is 5.74. The molecule has 0 saturated heterocycles. The summed E-state index contributed by atoms with van der Waals surface area (Å²) >= 11 is 7.39. The molecule has 0 bridgehead atoms. The van der Waals surface area contributed by atoms with Gasteiger partial charge >= 0.3 is 0 Å². The summed E-state index contributed by atoms with van der Waals surface area (Å²) < 4.78 is 0. The van der Waals surface area contributed by atoms with Gasteiger partial charge in [0.25, 0.3) is 0 Å². The van der Waals surface area contributed by atoms with Crippen molar-refractivity contribution in [1.29, 1.82) is 0 Å². The highest BCUT2D eigenvalue weighted by atomic mass is 35.5. The van der Waals surface area contributed by atoms with Crippen molar-refractivity contribution in [3.8, 4) is 0 Å². The molecule has 1 atom stereocenters. The van der Waals surface area contributed by atoms with Gasteiger partial charge in [0.05, 0.1) is 0 Å². The molecule has 2 amide bonds. The van der Waals surface area contributed by atoms with Gasteiger partial charge in [-0.05, 0) is 30.7 Å². The molecule has 1 aromatic carbocycles. The lowest BCUT2D eigenvalue weighted by atomic mass is 10.1. The van der Waals surface area contributed by atoms with Crippen LogP contribution >= 0.6 is 23.4 Å². The zero-order valence-electron chi connectivity index (χ0n) is 14.4. The normalized spacial score (nSPS) is 11.8. The van der Waals surface area contributed by atoms with Crippen molar-refractivity contribution in [3.63, 3.8) is 0 Å². The predicted molar refractivity (Wildman–Crippen MR) is 102 cm³/mol. The van der Waals surface area contributed by atoms with Crippen LogP contribution in [0.15, 0.2) is 29.2 Å². The third kappa shape index (κ3) is 9.18. The van der Waals surface area contributed by atoms with Gasteiger partial charge in [-0.2, -0.15) is 0 Å². The zero-order valence-corrected chi connectivity index (χ0v) is 16.0. The second-order valence-corrected chi connectivity index (χ2v) is 7.25. The maximum atomic E-state index is 12.3. The maximum absolute atomic E-state index is 12.3. The predicted octanol–water partition coefficient (Wildman–Crippen LogP) is 4.02. The average Bonchev–Trinajstić information content (AvgIpc) is 2.55. The van der Waals surface area contributed by atoms with Crippen LogP contribution in [0.2, 0.25) is 5.02 Å². The van der Waals surface area contributed by atoms with Gasteiger partial charge in [0.2, 0.25) is 11.8 Å². The second-order valence-electron chi connectivity index (χ2n) is 5.72. The Kier molecular flexibility index (Phi) is 10.6. The Bertz CT molecular complexity index is 508. The van der Waals surface area contributed by atoms with Gasteiger partial charge in [-0.3, -0.25) is 9.59 Å². The number of rotatable bonds is 11. The summed E-state index contributed by atoms with van der Waals surface area (Å²) in [4.78, 5) is 24.6. The van der Waals surface area contributed by atoms with Crippen LogP contribution in [0.3, 0.4) is 0 Å². The molecule has 0 aromatic heterocycles. The van der Waals surface area contributed by atoms with E-state index in [2.05, 4.69) is 17.6 Å². The minimum absolute atomic E-state index is 0.123. The molecule has 0 radical (unpaired) electrons. The van der Waals surface area contributed by atoms with Crippen LogP contribution in [0.1, 0.15) is 46.0 Å². The van der Waals surface area contributed by atoms with Crippen molar-refractivity contribution < 1.29 is 9.59 Å². The number of hydrogen-bond donors (Lipinski definition) is 2. The molecule has 0 aliphatic heterocycles. The second kappa shape index (κ2) is 12.2. The number of nitrogens with one attached hydrogen (secondary N) is 2. The lowest BCUT2D eigenvalue weighted by Crippen LogP contribution is -2.47. The summed E-state index contributed by atoms with van der Waals surface area (Å²) in [6, 6.07) is 6.91. The number of carbonyl (C=O) groups is 2. The van der Waals surface area contributed by atoms with E-state index < -0.39 is 6.04 Å². The van der Waals surface area contributed by atoms with E-state index in [1.54, 1.807) is 0 Å². The van der Waals surface area contributed by atoms with Crippen LogP contribution in [0.4, 0.5) is 0 Å². The average molecular weight is 371 g/mol. The molecule has 4 nitrogen and oxygen atoms in total. The van der Waals surface area contributed by atoms with Gasteiger partial charge in [0.1, 0.15) is 6.04 Å². The first-order chi connectivity index (χ1) is 11.5. The zero-order chi connectivity index (χ0) is 17.8. The molecule has 6 heteroatoms.